The molecule has 0 aliphatic carbocycles. The molecular weight excluding hydrogens is 425 g/mol. The number of aromatic nitrogens is 2. The summed E-state index contributed by atoms with van der Waals surface area (Å²) in [7, 11) is 1.73. The Labute approximate surface area is 163 Å². The molecule has 0 radical (unpaired) electrons. The van der Waals surface area contributed by atoms with E-state index in [0.717, 1.165) is 11.8 Å². The fourth-order valence-corrected chi connectivity index (χ4v) is 3.73. The standard InChI is InChI=1S/C18H20BrF3N4O/c1-12-15(19)16(24(2)23-12)17(27)26-8-6-25(7-9-26)11-13-4-3-5-14(10-13)18(20,21)22/h3-5,10H,6-9,11H2,1-2H3. The van der Waals surface area contributed by atoms with Crippen molar-refractivity contribution in [3.8, 4) is 0 Å². The van der Waals surface area contributed by atoms with E-state index in [1.54, 1.807) is 22.7 Å². The van der Waals surface area contributed by atoms with Gasteiger partial charge in [-0.05, 0) is 34.5 Å². The van der Waals surface area contributed by atoms with Crippen molar-refractivity contribution in [3.63, 3.8) is 0 Å². The zero-order valence-electron chi connectivity index (χ0n) is 15.1. The SMILES string of the molecule is Cc1nn(C)c(C(=O)N2CCN(Cc3cccc(C(F)(F)F)c3)CC2)c1Br. The second-order valence-electron chi connectivity index (χ2n) is 6.64. The number of piperazine rings is 1. The van der Waals surface area contributed by atoms with E-state index >= 15 is 0 Å². The van der Waals surface area contributed by atoms with Crippen molar-refractivity contribution in [2.75, 3.05) is 26.2 Å². The lowest BCUT2D eigenvalue weighted by Crippen LogP contribution is -2.48. The van der Waals surface area contributed by atoms with Gasteiger partial charge in [-0.15, -0.1) is 0 Å². The molecule has 0 bridgehead atoms. The smallest absolute Gasteiger partial charge is 0.335 e. The highest BCUT2D eigenvalue weighted by Gasteiger charge is 2.31. The van der Waals surface area contributed by atoms with Gasteiger partial charge in [-0.2, -0.15) is 18.3 Å². The monoisotopic (exact) mass is 444 g/mol. The Balaban J connectivity index is 1.62. The number of benzene rings is 1. The molecule has 2 heterocycles. The maximum Gasteiger partial charge on any atom is 0.416 e. The molecule has 1 aliphatic heterocycles. The molecule has 0 atom stereocenters. The molecule has 9 heteroatoms. The van der Waals surface area contributed by atoms with Crippen LogP contribution < -0.4 is 0 Å². The highest BCUT2D eigenvalue weighted by atomic mass is 79.9. The summed E-state index contributed by atoms with van der Waals surface area (Å²) in [5, 5.41) is 4.25. The first-order valence-electron chi connectivity index (χ1n) is 8.53. The first kappa shape index (κ1) is 19.9. The van der Waals surface area contributed by atoms with E-state index in [-0.39, 0.29) is 5.91 Å². The maximum absolute atomic E-state index is 12.8. The Hall–Kier alpha value is -1.87. The molecule has 1 aromatic heterocycles. The van der Waals surface area contributed by atoms with Crippen molar-refractivity contribution in [1.29, 1.82) is 0 Å². The first-order valence-corrected chi connectivity index (χ1v) is 9.33. The van der Waals surface area contributed by atoms with Gasteiger partial charge in [0.2, 0.25) is 0 Å². The number of hydrogen-bond acceptors (Lipinski definition) is 3. The van der Waals surface area contributed by atoms with Crippen molar-refractivity contribution in [2.24, 2.45) is 7.05 Å². The Kier molecular flexibility index (Phi) is 5.62. The fraction of sp³-hybridized carbons (Fsp3) is 0.444. The fourth-order valence-electron chi connectivity index (χ4n) is 3.23. The first-order chi connectivity index (χ1) is 12.7. The molecule has 1 fully saturated rings. The zero-order valence-corrected chi connectivity index (χ0v) is 16.6. The molecule has 1 saturated heterocycles. The van der Waals surface area contributed by atoms with Crippen molar-refractivity contribution >= 4 is 21.8 Å². The van der Waals surface area contributed by atoms with Crippen molar-refractivity contribution < 1.29 is 18.0 Å². The van der Waals surface area contributed by atoms with E-state index in [1.807, 2.05) is 6.92 Å². The Bertz CT molecular complexity index is 842. The van der Waals surface area contributed by atoms with Crippen LogP contribution in [0.4, 0.5) is 13.2 Å². The predicted octanol–water partition coefficient (Wildman–Crippen LogP) is 3.47. The number of nitrogens with zero attached hydrogens (tertiary/aromatic N) is 4. The second kappa shape index (κ2) is 7.63. The summed E-state index contributed by atoms with van der Waals surface area (Å²) >= 11 is 3.41. The van der Waals surface area contributed by atoms with E-state index in [9.17, 15) is 18.0 Å². The van der Waals surface area contributed by atoms with Crippen LogP contribution in [-0.4, -0.2) is 51.7 Å². The summed E-state index contributed by atoms with van der Waals surface area (Å²) in [6, 6.07) is 5.39. The van der Waals surface area contributed by atoms with Crippen molar-refractivity contribution in [2.45, 2.75) is 19.6 Å². The van der Waals surface area contributed by atoms with Gasteiger partial charge in [0.15, 0.2) is 0 Å². The number of aryl methyl sites for hydroxylation is 2. The van der Waals surface area contributed by atoms with E-state index in [0.29, 0.717) is 48.5 Å². The molecule has 146 valence electrons. The molecule has 1 aromatic carbocycles. The van der Waals surface area contributed by atoms with Gasteiger partial charge in [0.25, 0.3) is 5.91 Å². The average Bonchev–Trinajstić information content (AvgIpc) is 2.87. The number of carbonyl (C=O) groups is 1. The van der Waals surface area contributed by atoms with Crippen LogP contribution in [0.1, 0.15) is 27.3 Å². The third kappa shape index (κ3) is 4.35. The molecule has 2 aromatic rings. The molecule has 1 aliphatic rings. The molecule has 5 nitrogen and oxygen atoms in total. The molecule has 27 heavy (non-hydrogen) atoms. The summed E-state index contributed by atoms with van der Waals surface area (Å²) in [6.07, 6.45) is -4.34. The van der Waals surface area contributed by atoms with Gasteiger partial charge in [0.05, 0.1) is 15.7 Å². The lowest BCUT2D eigenvalue weighted by atomic mass is 10.1. The molecule has 1 amide bonds. The number of carbonyl (C=O) groups excluding carboxylic acids is 1. The van der Waals surface area contributed by atoms with Gasteiger partial charge < -0.3 is 4.90 Å². The lowest BCUT2D eigenvalue weighted by molar-refractivity contribution is -0.137. The summed E-state index contributed by atoms with van der Waals surface area (Å²) in [5.41, 5.74) is 1.25. The molecule has 0 saturated carbocycles. The molecule has 0 spiro atoms. The second-order valence-corrected chi connectivity index (χ2v) is 7.43. The van der Waals surface area contributed by atoms with Crippen LogP contribution in [0.5, 0.6) is 0 Å². The molecule has 0 N–H and O–H groups in total. The zero-order chi connectivity index (χ0) is 19.8. The van der Waals surface area contributed by atoms with Crippen LogP contribution in [0.15, 0.2) is 28.7 Å². The number of alkyl halides is 3. The third-order valence-corrected chi connectivity index (χ3v) is 5.62. The average molecular weight is 445 g/mol. The minimum absolute atomic E-state index is 0.0938. The van der Waals surface area contributed by atoms with E-state index in [1.165, 1.54) is 12.1 Å². The number of rotatable bonds is 3. The highest BCUT2D eigenvalue weighted by Crippen LogP contribution is 2.30. The molecule has 3 rings (SSSR count). The minimum Gasteiger partial charge on any atom is -0.335 e. The van der Waals surface area contributed by atoms with Crippen molar-refractivity contribution in [3.05, 3.63) is 51.3 Å². The Morgan fingerprint density at radius 1 is 1.22 bits per heavy atom. The van der Waals surface area contributed by atoms with Crippen molar-refractivity contribution in [1.82, 2.24) is 19.6 Å². The number of halogens is 4. The Morgan fingerprint density at radius 3 is 2.44 bits per heavy atom. The number of hydrogen-bond donors (Lipinski definition) is 0. The molecule has 0 unspecified atom stereocenters. The van der Waals surface area contributed by atoms with Crippen LogP contribution in [0.25, 0.3) is 0 Å². The van der Waals surface area contributed by atoms with Gasteiger partial charge in [-0.25, -0.2) is 0 Å². The van der Waals surface area contributed by atoms with Crippen LogP contribution >= 0.6 is 15.9 Å². The topological polar surface area (TPSA) is 41.4 Å². The van der Waals surface area contributed by atoms with Gasteiger partial charge in [0.1, 0.15) is 5.69 Å². The van der Waals surface area contributed by atoms with Crippen LogP contribution in [0.3, 0.4) is 0 Å². The van der Waals surface area contributed by atoms with E-state index in [2.05, 4.69) is 25.9 Å². The van der Waals surface area contributed by atoms with Gasteiger partial charge in [-0.3, -0.25) is 14.4 Å². The molecular formula is C18H20BrF3N4O. The quantitative estimate of drug-likeness (QED) is 0.727. The van der Waals surface area contributed by atoms with Gasteiger partial charge in [0, 0.05) is 39.8 Å². The van der Waals surface area contributed by atoms with E-state index < -0.39 is 11.7 Å². The summed E-state index contributed by atoms with van der Waals surface area (Å²) in [6.45, 7) is 4.52. The third-order valence-electron chi connectivity index (χ3n) is 4.67. The van der Waals surface area contributed by atoms with Gasteiger partial charge >= 0.3 is 6.18 Å². The predicted molar refractivity (Wildman–Crippen MR) is 98.3 cm³/mol. The van der Waals surface area contributed by atoms with Gasteiger partial charge in [-0.1, -0.05) is 18.2 Å². The minimum atomic E-state index is -4.34. The number of amides is 1. The summed E-state index contributed by atoms with van der Waals surface area (Å²) in [4.78, 5) is 16.6. The van der Waals surface area contributed by atoms with Crippen LogP contribution in [0, 0.1) is 6.92 Å². The van der Waals surface area contributed by atoms with Crippen LogP contribution in [0.2, 0.25) is 0 Å². The Morgan fingerprint density at radius 2 is 1.89 bits per heavy atom. The van der Waals surface area contributed by atoms with E-state index in [4.69, 9.17) is 0 Å². The normalized spacial score (nSPS) is 16.0. The highest BCUT2D eigenvalue weighted by molar-refractivity contribution is 9.10. The maximum atomic E-state index is 12.8. The van der Waals surface area contributed by atoms with Crippen LogP contribution in [-0.2, 0) is 19.8 Å². The lowest BCUT2D eigenvalue weighted by Gasteiger charge is -2.34. The summed E-state index contributed by atoms with van der Waals surface area (Å²) < 4.78 is 40.8. The summed E-state index contributed by atoms with van der Waals surface area (Å²) in [5.74, 6) is -0.0938. The largest absolute Gasteiger partial charge is 0.416 e.